The lowest BCUT2D eigenvalue weighted by atomic mass is 10.0. The van der Waals surface area contributed by atoms with E-state index in [1.165, 1.54) is 11.1 Å². The van der Waals surface area contributed by atoms with E-state index in [2.05, 4.69) is 29.6 Å². The molecule has 0 spiro atoms. The van der Waals surface area contributed by atoms with Crippen LogP contribution in [0.5, 0.6) is 0 Å². The summed E-state index contributed by atoms with van der Waals surface area (Å²) < 4.78 is 0. The van der Waals surface area contributed by atoms with Crippen molar-refractivity contribution in [2.75, 3.05) is 24.6 Å². The molecule has 1 aliphatic rings. The summed E-state index contributed by atoms with van der Waals surface area (Å²) in [5.41, 5.74) is 2.40. The summed E-state index contributed by atoms with van der Waals surface area (Å²) in [4.78, 5) is 15.0. The molecule has 1 amide bonds. The van der Waals surface area contributed by atoms with Gasteiger partial charge in [-0.15, -0.1) is 12.4 Å². The summed E-state index contributed by atoms with van der Waals surface area (Å²) in [6.07, 6.45) is 0.732. The Hall–Kier alpha value is -1.49. The molecule has 1 N–H and O–H groups in total. The maximum Gasteiger partial charge on any atom is 0.240 e. The highest BCUT2D eigenvalue weighted by Crippen LogP contribution is 2.13. The van der Waals surface area contributed by atoms with Gasteiger partial charge in [-0.2, -0.15) is 11.8 Å². The number of hydrogen-bond acceptors (Lipinski definition) is 3. The van der Waals surface area contributed by atoms with Gasteiger partial charge in [0.15, 0.2) is 0 Å². The molecule has 25 heavy (non-hydrogen) atoms. The lowest BCUT2D eigenvalue weighted by molar-refractivity contribution is -0.133. The zero-order valence-corrected chi connectivity index (χ0v) is 15.9. The van der Waals surface area contributed by atoms with E-state index in [1.807, 2.05) is 53.1 Å². The van der Waals surface area contributed by atoms with Crippen LogP contribution in [0.25, 0.3) is 0 Å². The SMILES string of the molecule is Cl.O=C([C@H](Cc1ccccc1)NCc1ccccc1)N1CCSCC1. The lowest BCUT2D eigenvalue weighted by Gasteiger charge is -2.30. The van der Waals surface area contributed by atoms with Crippen molar-refractivity contribution < 1.29 is 4.79 Å². The molecule has 1 heterocycles. The van der Waals surface area contributed by atoms with Crippen LogP contribution in [0.4, 0.5) is 0 Å². The summed E-state index contributed by atoms with van der Waals surface area (Å²) in [5, 5.41) is 3.48. The van der Waals surface area contributed by atoms with Crippen LogP contribution in [0.15, 0.2) is 60.7 Å². The van der Waals surface area contributed by atoms with Gasteiger partial charge in [0, 0.05) is 31.1 Å². The maximum atomic E-state index is 13.0. The van der Waals surface area contributed by atoms with E-state index in [0.717, 1.165) is 31.0 Å². The Morgan fingerprint density at radius 2 is 1.52 bits per heavy atom. The highest BCUT2D eigenvalue weighted by atomic mass is 35.5. The third-order valence-electron chi connectivity index (χ3n) is 4.30. The normalized spacial score (nSPS) is 15.3. The summed E-state index contributed by atoms with van der Waals surface area (Å²) in [6, 6.07) is 20.4. The van der Waals surface area contributed by atoms with Crippen LogP contribution in [-0.2, 0) is 17.8 Å². The van der Waals surface area contributed by atoms with Gasteiger partial charge in [0.25, 0.3) is 0 Å². The first-order chi connectivity index (χ1) is 11.8. The first-order valence-corrected chi connectivity index (χ1v) is 9.66. The first kappa shape index (κ1) is 19.8. The molecule has 1 aliphatic heterocycles. The van der Waals surface area contributed by atoms with Gasteiger partial charge in [0.05, 0.1) is 6.04 Å². The minimum Gasteiger partial charge on any atom is -0.340 e. The minimum absolute atomic E-state index is 0. The minimum atomic E-state index is -0.171. The Bertz CT molecular complexity index is 633. The predicted octanol–water partition coefficient (Wildman–Crippen LogP) is 3.38. The van der Waals surface area contributed by atoms with Crippen LogP contribution in [-0.4, -0.2) is 41.4 Å². The molecule has 0 aliphatic carbocycles. The van der Waals surface area contributed by atoms with Crippen LogP contribution < -0.4 is 5.32 Å². The van der Waals surface area contributed by atoms with Crippen molar-refractivity contribution in [3.63, 3.8) is 0 Å². The second-order valence-electron chi connectivity index (χ2n) is 6.05. The molecule has 1 fully saturated rings. The standard InChI is InChI=1S/C20H24N2OS.ClH/c23-20(22-11-13-24-14-12-22)19(15-17-7-3-1-4-8-17)21-16-18-9-5-2-6-10-18;/h1-10,19,21H,11-16H2;1H/t19-;/m0./s1. The molecular weight excluding hydrogens is 352 g/mol. The number of halogens is 1. The molecule has 0 saturated carbocycles. The summed E-state index contributed by atoms with van der Waals surface area (Å²) in [7, 11) is 0. The maximum absolute atomic E-state index is 13.0. The van der Waals surface area contributed by atoms with E-state index in [9.17, 15) is 4.79 Å². The topological polar surface area (TPSA) is 32.3 Å². The third-order valence-corrected chi connectivity index (χ3v) is 5.24. The van der Waals surface area contributed by atoms with Gasteiger partial charge in [-0.25, -0.2) is 0 Å². The van der Waals surface area contributed by atoms with Gasteiger partial charge in [0.1, 0.15) is 0 Å². The Labute approximate surface area is 160 Å². The molecule has 0 aromatic heterocycles. The Morgan fingerprint density at radius 3 is 2.12 bits per heavy atom. The summed E-state index contributed by atoms with van der Waals surface area (Å²) in [5.74, 6) is 2.32. The number of benzene rings is 2. The summed E-state index contributed by atoms with van der Waals surface area (Å²) >= 11 is 1.93. The zero-order valence-electron chi connectivity index (χ0n) is 14.3. The van der Waals surface area contributed by atoms with E-state index in [0.29, 0.717) is 6.54 Å². The van der Waals surface area contributed by atoms with E-state index in [4.69, 9.17) is 0 Å². The molecule has 0 radical (unpaired) electrons. The average Bonchev–Trinajstić information content (AvgIpc) is 2.67. The van der Waals surface area contributed by atoms with Crippen LogP contribution in [0.2, 0.25) is 0 Å². The van der Waals surface area contributed by atoms with Crippen molar-refractivity contribution in [3.8, 4) is 0 Å². The molecule has 3 rings (SSSR count). The van der Waals surface area contributed by atoms with Gasteiger partial charge in [-0.05, 0) is 17.5 Å². The molecule has 0 unspecified atom stereocenters. The number of carbonyl (C=O) groups is 1. The molecule has 134 valence electrons. The third kappa shape index (κ3) is 6.07. The number of nitrogens with zero attached hydrogens (tertiary/aromatic N) is 1. The molecule has 1 saturated heterocycles. The Morgan fingerprint density at radius 1 is 0.960 bits per heavy atom. The highest BCUT2D eigenvalue weighted by molar-refractivity contribution is 7.99. The zero-order chi connectivity index (χ0) is 16.6. The second-order valence-corrected chi connectivity index (χ2v) is 7.27. The largest absolute Gasteiger partial charge is 0.340 e. The fourth-order valence-electron chi connectivity index (χ4n) is 2.94. The molecule has 3 nitrogen and oxygen atoms in total. The lowest BCUT2D eigenvalue weighted by Crippen LogP contribution is -2.50. The number of thioether (sulfide) groups is 1. The van der Waals surface area contributed by atoms with Gasteiger partial charge in [0.2, 0.25) is 5.91 Å². The number of carbonyl (C=O) groups excluding carboxylic acids is 1. The van der Waals surface area contributed by atoms with E-state index < -0.39 is 0 Å². The quantitative estimate of drug-likeness (QED) is 0.838. The number of rotatable bonds is 6. The van der Waals surface area contributed by atoms with E-state index in [1.54, 1.807) is 0 Å². The van der Waals surface area contributed by atoms with Crippen molar-refractivity contribution >= 4 is 30.1 Å². The molecule has 1 atom stereocenters. The first-order valence-electron chi connectivity index (χ1n) is 8.51. The predicted molar refractivity (Wildman–Crippen MR) is 108 cm³/mol. The average molecular weight is 377 g/mol. The molecule has 5 heteroatoms. The van der Waals surface area contributed by atoms with Gasteiger partial charge in [-0.3, -0.25) is 4.79 Å². The van der Waals surface area contributed by atoms with E-state index >= 15 is 0 Å². The van der Waals surface area contributed by atoms with Gasteiger partial charge >= 0.3 is 0 Å². The van der Waals surface area contributed by atoms with Crippen LogP contribution in [0.1, 0.15) is 11.1 Å². The number of amides is 1. The van der Waals surface area contributed by atoms with Crippen LogP contribution in [0, 0.1) is 0 Å². The Balaban J connectivity index is 0.00000225. The number of nitrogens with one attached hydrogen (secondary N) is 1. The fraction of sp³-hybridized carbons (Fsp3) is 0.350. The Kier molecular flexibility index (Phi) is 8.32. The second kappa shape index (κ2) is 10.5. The molecule has 0 bridgehead atoms. The van der Waals surface area contributed by atoms with Crippen molar-refractivity contribution in [3.05, 3.63) is 71.8 Å². The summed E-state index contributed by atoms with van der Waals surface area (Å²) in [6.45, 7) is 2.44. The highest BCUT2D eigenvalue weighted by Gasteiger charge is 2.25. The van der Waals surface area contributed by atoms with Crippen molar-refractivity contribution in [2.24, 2.45) is 0 Å². The molecule has 2 aromatic carbocycles. The van der Waals surface area contributed by atoms with Crippen LogP contribution >= 0.6 is 24.2 Å². The van der Waals surface area contributed by atoms with Gasteiger partial charge < -0.3 is 10.2 Å². The van der Waals surface area contributed by atoms with Crippen LogP contribution in [0.3, 0.4) is 0 Å². The monoisotopic (exact) mass is 376 g/mol. The van der Waals surface area contributed by atoms with Crippen molar-refractivity contribution in [2.45, 2.75) is 19.0 Å². The van der Waals surface area contributed by atoms with E-state index in [-0.39, 0.29) is 24.4 Å². The van der Waals surface area contributed by atoms with Crippen molar-refractivity contribution in [1.82, 2.24) is 10.2 Å². The molecule has 2 aromatic rings. The van der Waals surface area contributed by atoms with Crippen molar-refractivity contribution in [1.29, 1.82) is 0 Å². The number of hydrogen-bond donors (Lipinski definition) is 1. The molecular formula is C20H25ClN2OS. The fourth-order valence-corrected chi connectivity index (χ4v) is 3.84. The van der Waals surface area contributed by atoms with Gasteiger partial charge in [-0.1, -0.05) is 60.7 Å². The smallest absolute Gasteiger partial charge is 0.240 e.